The largest absolute Gasteiger partial charge is 0.391 e. The van der Waals surface area contributed by atoms with E-state index in [9.17, 15) is 10.2 Å². The molecular formula is C27H56NO2+. The molecule has 0 bridgehead atoms. The highest BCUT2D eigenvalue weighted by molar-refractivity contribution is 4.81. The number of rotatable bonds is 24. The van der Waals surface area contributed by atoms with E-state index in [4.69, 9.17) is 0 Å². The van der Waals surface area contributed by atoms with Gasteiger partial charge in [0.2, 0.25) is 0 Å². The molecule has 180 valence electrons. The summed E-state index contributed by atoms with van der Waals surface area (Å²) in [6.07, 6.45) is 29.3. The topological polar surface area (TPSA) is 40.5 Å². The van der Waals surface area contributed by atoms with Crippen molar-refractivity contribution in [3.05, 3.63) is 12.2 Å². The van der Waals surface area contributed by atoms with Crippen molar-refractivity contribution >= 4 is 0 Å². The molecule has 0 spiro atoms. The van der Waals surface area contributed by atoms with Crippen LogP contribution in [0.1, 0.15) is 122 Å². The maximum absolute atomic E-state index is 9.19. The predicted molar refractivity (Wildman–Crippen MR) is 133 cm³/mol. The third-order valence-corrected chi connectivity index (χ3v) is 6.49. The summed E-state index contributed by atoms with van der Waals surface area (Å²) in [5.74, 6) is 0. The van der Waals surface area contributed by atoms with Gasteiger partial charge in [0.05, 0.1) is 26.8 Å². The van der Waals surface area contributed by atoms with Crippen molar-refractivity contribution in [1.82, 2.24) is 0 Å². The van der Waals surface area contributed by atoms with Crippen LogP contribution in [-0.4, -0.2) is 54.6 Å². The molecule has 0 aliphatic rings. The highest BCUT2D eigenvalue weighted by Gasteiger charge is 2.19. The fraction of sp³-hybridized carbons (Fsp3) is 0.926. The summed E-state index contributed by atoms with van der Waals surface area (Å²) in [4.78, 5) is 0. The summed E-state index contributed by atoms with van der Waals surface area (Å²) in [6, 6.07) is 0. The summed E-state index contributed by atoms with van der Waals surface area (Å²) in [6.45, 7) is 5.31. The Morgan fingerprint density at radius 2 is 0.867 bits per heavy atom. The van der Waals surface area contributed by atoms with Crippen molar-refractivity contribution in [2.75, 3.05) is 39.9 Å². The Morgan fingerprint density at radius 3 is 1.27 bits per heavy atom. The molecule has 0 aromatic rings. The maximum atomic E-state index is 9.19. The molecule has 3 heteroatoms. The highest BCUT2D eigenvalue weighted by Crippen LogP contribution is 2.13. The van der Waals surface area contributed by atoms with Gasteiger partial charge in [0, 0.05) is 0 Å². The normalized spacial score (nSPS) is 12.3. The summed E-state index contributed by atoms with van der Waals surface area (Å²) in [7, 11) is 2.15. The van der Waals surface area contributed by atoms with Crippen LogP contribution in [0.25, 0.3) is 0 Å². The zero-order chi connectivity index (χ0) is 22.2. The molecule has 0 amide bonds. The summed E-state index contributed by atoms with van der Waals surface area (Å²) in [5, 5.41) is 18.4. The number of unbranched alkanes of at least 4 members (excludes halogenated alkanes) is 16. The first-order valence-corrected chi connectivity index (χ1v) is 13.4. The number of quaternary nitrogens is 1. The van der Waals surface area contributed by atoms with Gasteiger partial charge in [-0.2, -0.15) is 0 Å². The molecule has 0 heterocycles. The molecule has 30 heavy (non-hydrogen) atoms. The smallest absolute Gasteiger partial charge is 0.102 e. The summed E-state index contributed by atoms with van der Waals surface area (Å²) < 4.78 is 0.807. The van der Waals surface area contributed by atoms with E-state index in [0.29, 0.717) is 0 Å². The van der Waals surface area contributed by atoms with Crippen LogP contribution in [0.5, 0.6) is 0 Å². The summed E-state index contributed by atoms with van der Waals surface area (Å²) >= 11 is 0. The van der Waals surface area contributed by atoms with Crippen LogP contribution in [0.3, 0.4) is 0 Å². The fourth-order valence-electron chi connectivity index (χ4n) is 4.27. The first kappa shape index (κ1) is 29.6. The second-order valence-corrected chi connectivity index (χ2v) is 9.59. The third kappa shape index (κ3) is 20.9. The standard InChI is InChI=1S/C27H56NO2/c1-3-4-5-6-7-8-9-10-11-12-13-14-15-16-17-18-19-20-21-22-23-28(2,24-26-29)25-27-30/h10-11,29-30H,3-9,12-27H2,1-2H3/q+1/b11-10-. The van der Waals surface area contributed by atoms with Crippen LogP contribution in [0.2, 0.25) is 0 Å². The van der Waals surface area contributed by atoms with Gasteiger partial charge in [0.25, 0.3) is 0 Å². The Morgan fingerprint density at radius 1 is 0.500 bits per heavy atom. The zero-order valence-corrected chi connectivity index (χ0v) is 20.8. The summed E-state index contributed by atoms with van der Waals surface area (Å²) in [5.41, 5.74) is 0. The van der Waals surface area contributed by atoms with Gasteiger partial charge in [-0.05, 0) is 38.5 Å². The molecule has 0 aliphatic heterocycles. The molecular weight excluding hydrogens is 370 g/mol. The van der Waals surface area contributed by atoms with E-state index in [0.717, 1.165) is 24.1 Å². The van der Waals surface area contributed by atoms with Crippen LogP contribution in [0.4, 0.5) is 0 Å². The molecule has 3 nitrogen and oxygen atoms in total. The molecule has 0 saturated heterocycles. The van der Waals surface area contributed by atoms with E-state index in [1.54, 1.807) is 0 Å². The van der Waals surface area contributed by atoms with E-state index >= 15 is 0 Å². The molecule has 0 aliphatic carbocycles. The average molecular weight is 427 g/mol. The van der Waals surface area contributed by atoms with E-state index in [-0.39, 0.29) is 13.2 Å². The van der Waals surface area contributed by atoms with Gasteiger partial charge in [-0.15, -0.1) is 0 Å². The second-order valence-electron chi connectivity index (χ2n) is 9.59. The van der Waals surface area contributed by atoms with Gasteiger partial charge >= 0.3 is 0 Å². The van der Waals surface area contributed by atoms with Crippen molar-refractivity contribution in [3.63, 3.8) is 0 Å². The maximum Gasteiger partial charge on any atom is 0.102 e. The number of hydrogen-bond acceptors (Lipinski definition) is 2. The van der Waals surface area contributed by atoms with E-state index in [1.807, 2.05) is 0 Å². The quantitative estimate of drug-likeness (QED) is 0.0989. The van der Waals surface area contributed by atoms with Crippen molar-refractivity contribution in [2.45, 2.75) is 122 Å². The monoisotopic (exact) mass is 426 g/mol. The number of aliphatic hydroxyl groups excluding tert-OH is 2. The minimum Gasteiger partial charge on any atom is -0.391 e. The minimum atomic E-state index is 0.214. The molecule has 0 unspecified atom stereocenters. The third-order valence-electron chi connectivity index (χ3n) is 6.49. The van der Waals surface area contributed by atoms with Crippen LogP contribution in [0, 0.1) is 0 Å². The number of likely N-dealkylation sites (N-methyl/N-ethyl adjacent to an activating group) is 1. The molecule has 2 N–H and O–H groups in total. The number of aliphatic hydroxyl groups is 2. The average Bonchev–Trinajstić information content (AvgIpc) is 2.72. The number of hydrogen-bond donors (Lipinski definition) is 2. The zero-order valence-electron chi connectivity index (χ0n) is 20.8. The SMILES string of the molecule is CCCCCCCC/C=C\CCCCCCCCCCCC[N+](C)(CCO)CCO. The highest BCUT2D eigenvalue weighted by atomic mass is 16.3. The fourth-order valence-corrected chi connectivity index (χ4v) is 4.27. The van der Waals surface area contributed by atoms with Crippen LogP contribution < -0.4 is 0 Å². The van der Waals surface area contributed by atoms with Crippen molar-refractivity contribution in [3.8, 4) is 0 Å². The molecule has 0 rings (SSSR count). The van der Waals surface area contributed by atoms with E-state index < -0.39 is 0 Å². The minimum absolute atomic E-state index is 0.214. The van der Waals surface area contributed by atoms with E-state index in [1.165, 1.54) is 116 Å². The molecule has 0 saturated carbocycles. The molecule has 0 aromatic carbocycles. The van der Waals surface area contributed by atoms with Crippen molar-refractivity contribution in [1.29, 1.82) is 0 Å². The lowest BCUT2D eigenvalue weighted by Gasteiger charge is -2.33. The molecule has 0 radical (unpaired) electrons. The molecule has 0 atom stereocenters. The lowest BCUT2D eigenvalue weighted by molar-refractivity contribution is -0.910. The van der Waals surface area contributed by atoms with Gasteiger partial charge in [-0.25, -0.2) is 0 Å². The van der Waals surface area contributed by atoms with E-state index in [2.05, 4.69) is 26.1 Å². The lowest BCUT2D eigenvalue weighted by Crippen LogP contribution is -2.48. The van der Waals surface area contributed by atoms with Crippen LogP contribution >= 0.6 is 0 Å². The van der Waals surface area contributed by atoms with Gasteiger partial charge in [-0.3, -0.25) is 0 Å². The van der Waals surface area contributed by atoms with Crippen molar-refractivity contribution in [2.24, 2.45) is 0 Å². The predicted octanol–water partition coefficient (Wildman–Crippen LogP) is 7.02. The number of nitrogens with zero attached hydrogens (tertiary/aromatic N) is 1. The first-order chi connectivity index (χ1) is 14.7. The Hall–Kier alpha value is -0.380. The first-order valence-electron chi connectivity index (χ1n) is 13.4. The van der Waals surface area contributed by atoms with Crippen LogP contribution in [0.15, 0.2) is 12.2 Å². The lowest BCUT2D eigenvalue weighted by atomic mass is 10.1. The van der Waals surface area contributed by atoms with Crippen molar-refractivity contribution < 1.29 is 14.7 Å². The Labute approximate surface area is 189 Å². The molecule has 0 aromatic heterocycles. The van der Waals surface area contributed by atoms with Crippen LogP contribution in [-0.2, 0) is 0 Å². The second kappa shape index (κ2) is 23.3. The Bertz CT molecular complexity index is 351. The van der Waals surface area contributed by atoms with Gasteiger partial charge in [0.1, 0.15) is 13.1 Å². The van der Waals surface area contributed by atoms with Gasteiger partial charge < -0.3 is 14.7 Å². The molecule has 0 fully saturated rings. The van der Waals surface area contributed by atoms with Gasteiger partial charge in [0.15, 0.2) is 0 Å². The Balaban J connectivity index is 3.28. The Kier molecular flexibility index (Phi) is 23.0. The number of allylic oxidation sites excluding steroid dienone is 2. The van der Waals surface area contributed by atoms with Gasteiger partial charge in [-0.1, -0.05) is 96.1 Å².